The minimum Gasteiger partial charge on any atom is -0.507 e. The summed E-state index contributed by atoms with van der Waals surface area (Å²) in [7, 11) is 3.05. The van der Waals surface area contributed by atoms with E-state index in [1.54, 1.807) is 18.2 Å². The number of ketones is 1. The summed E-state index contributed by atoms with van der Waals surface area (Å²) in [5.74, 6) is 1.44. The molecule has 0 bridgehead atoms. The van der Waals surface area contributed by atoms with E-state index in [0.717, 1.165) is 25.1 Å². The molecule has 1 N–H and O–H groups in total. The van der Waals surface area contributed by atoms with Crippen LogP contribution in [0.3, 0.4) is 0 Å². The summed E-state index contributed by atoms with van der Waals surface area (Å²) in [5.41, 5.74) is 1.97. The molecule has 0 radical (unpaired) electrons. The molecule has 0 saturated carbocycles. The molecule has 0 aromatic heterocycles. The number of phenols is 1. The number of rotatable bonds is 7. The van der Waals surface area contributed by atoms with Gasteiger partial charge < -0.3 is 19.5 Å². The van der Waals surface area contributed by atoms with Gasteiger partial charge in [0.25, 0.3) is 0 Å². The minimum atomic E-state index is -0.433. The van der Waals surface area contributed by atoms with Gasteiger partial charge in [0.2, 0.25) is 5.91 Å². The van der Waals surface area contributed by atoms with E-state index in [2.05, 4.69) is 13.8 Å². The van der Waals surface area contributed by atoms with Gasteiger partial charge in [0.05, 0.1) is 14.2 Å². The van der Waals surface area contributed by atoms with Crippen LogP contribution in [0.25, 0.3) is 0 Å². The first-order valence-corrected chi connectivity index (χ1v) is 11.1. The number of likely N-dealkylation sites (tertiary alicyclic amines) is 1. The van der Waals surface area contributed by atoms with Crippen molar-refractivity contribution >= 4 is 11.7 Å². The minimum absolute atomic E-state index is 0.00928. The predicted octanol–water partition coefficient (Wildman–Crippen LogP) is 4.64. The lowest BCUT2D eigenvalue weighted by Crippen LogP contribution is -2.43. The first-order valence-electron chi connectivity index (χ1n) is 11.1. The van der Waals surface area contributed by atoms with E-state index < -0.39 is 5.92 Å². The van der Waals surface area contributed by atoms with E-state index in [0.29, 0.717) is 34.5 Å². The first kappa shape index (κ1) is 23.6. The SMILES string of the molecule is COc1cc(O)c(C(CC(=O)N2C[C@H](C)C[C@H](C)C2)c2ccc(C(C)=O)cc2)c(OC)c1. The summed E-state index contributed by atoms with van der Waals surface area (Å²) in [5, 5.41) is 10.9. The Morgan fingerprint density at radius 3 is 2.22 bits per heavy atom. The van der Waals surface area contributed by atoms with Gasteiger partial charge in [0, 0.05) is 48.7 Å². The Hall–Kier alpha value is -3.02. The lowest BCUT2D eigenvalue weighted by molar-refractivity contribution is -0.134. The Labute approximate surface area is 190 Å². The van der Waals surface area contributed by atoms with Gasteiger partial charge in [-0.15, -0.1) is 0 Å². The van der Waals surface area contributed by atoms with Gasteiger partial charge in [-0.3, -0.25) is 9.59 Å². The summed E-state index contributed by atoms with van der Waals surface area (Å²) < 4.78 is 10.8. The number of carbonyl (C=O) groups is 2. The number of piperidine rings is 1. The fraction of sp³-hybridized carbons (Fsp3) is 0.462. The van der Waals surface area contributed by atoms with Crippen molar-refractivity contribution in [2.24, 2.45) is 11.8 Å². The van der Waals surface area contributed by atoms with Crippen molar-refractivity contribution in [2.75, 3.05) is 27.3 Å². The monoisotopic (exact) mass is 439 g/mol. The lowest BCUT2D eigenvalue weighted by Gasteiger charge is -2.36. The molecule has 1 aliphatic rings. The van der Waals surface area contributed by atoms with E-state index in [-0.39, 0.29) is 23.9 Å². The average molecular weight is 440 g/mol. The molecule has 1 amide bonds. The van der Waals surface area contributed by atoms with Crippen LogP contribution in [0.2, 0.25) is 0 Å². The Kier molecular flexibility index (Phi) is 7.44. The maximum atomic E-state index is 13.4. The molecule has 1 heterocycles. The Bertz CT molecular complexity index is 959. The van der Waals surface area contributed by atoms with E-state index in [4.69, 9.17) is 9.47 Å². The van der Waals surface area contributed by atoms with Crippen LogP contribution in [-0.4, -0.2) is 49.0 Å². The standard InChI is InChI=1S/C26H33NO5/c1-16-10-17(2)15-27(14-16)25(30)13-22(20-8-6-19(7-9-20)18(3)28)26-23(29)11-21(31-4)12-24(26)32-5/h6-9,11-12,16-17,22,29H,10,13-15H2,1-5H3/t16-,17+,22?. The number of amides is 1. The number of methoxy groups -OCH3 is 2. The van der Waals surface area contributed by atoms with E-state index in [1.807, 2.05) is 17.0 Å². The number of nitrogens with zero attached hydrogens (tertiary/aromatic N) is 1. The van der Waals surface area contributed by atoms with Crippen molar-refractivity contribution in [3.05, 3.63) is 53.1 Å². The maximum absolute atomic E-state index is 13.4. The van der Waals surface area contributed by atoms with Crippen LogP contribution in [0.1, 0.15) is 61.0 Å². The summed E-state index contributed by atoms with van der Waals surface area (Å²) >= 11 is 0. The molecular weight excluding hydrogens is 406 g/mol. The highest BCUT2D eigenvalue weighted by Gasteiger charge is 2.31. The summed E-state index contributed by atoms with van der Waals surface area (Å²) in [6, 6.07) is 10.4. The molecule has 0 aliphatic carbocycles. The van der Waals surface area contributed by atoms with Crippen molar-refractivity contribution in [1.29, 1.82) is 0 Å². The van der Waals surface area contributed by atoms with Gasteiger partial charge in [0.1, 0.15) is 17.2 Å². The van der Waals surface area contributed by atoms with Gasteiger partial charge in [-0.2, -0.15) is 0 Å². The molecule has 2 aromatic rings. The molecule has 172 valence electrons. The number of hydrogen-bond donors (Lipinski definition) is 1. The highest BCUT2D eigenvalue weighted by Crippen LogP contribution is 2.43. The molecule has 32 heavy (non-hydrogen) atoms. The van der Waals surface area contributed by atoms with Gasteiger partial charge in [0.15, 0.2) is 5.78 Å². The Morgan fingerprint density at radius 2 is 1.69 bits per heavy atom. The molecule has 6 nitrogen and oxygen atoms in total. The Morgan fingerprint density at radius 1 is 1.06 bits per heavy atom. The molecule has 2 aromatic carbocycles. The number of carbonyl (C=O) groups excluding carboxylic acids is 2. The van der Waals surface area contributed by atoms with Crippen LogP contribution in [0.15, 0.2) is 36.4 Å². The number of phenolic OH excluding ortho intramolecular Hbond substituents is 1. The van der Waals surface area contributed by atoms with Crippen molar-refractivity contribution in [1.82, 2.24) is 4.90 Å². The number of aromatic hydroxyl groups is 1. The number of ether oxygens (including phenoxy) is 2. The number of hydrogen-bond acceptors (Lipinski definition) is 5. The second-order valence-electron chi connectivity index (χ2n) is 8.94. The van der Waals surface area contributed by atoms with Crippen LogP contribution in [0, 0.1) is 11.8 Å². The third kappa shape index (κ3) is 5.23. The van der Waals surface area contributed by atoms with E-state index >= 15 is 0 Å². The van der Waals surface area contributed by atoms with Gasteiger partial charge >= 0.3 is 0 Å². The molecule has 1 unspecified atom stereocenters. The molecular formula is C26H33NO5. The topological polar surface area (TPSA) is 76.1 Å². The fourth-order valence-corrected chi connectivity index (χ4v) is 4.73. The number of Topliss-reactive ketones (excluding diaryl/α,β-unsaturated/α-hetero) is 1. The van der Waals surface area contributed by atoms with E-state index in [1.165, 1.54) is 27.2 Å². The van der Waals surface area contributed by atoms with Crippen molar-refractivity contribution in [3.8, 4) is 17.2 Å². The summed E-state index contributed by atoms with van der Waals surface area (Å²) in [6.07, 6.45) is 1.31. The largest absolute Gasteiger partial charge is 0.507 e. The van der Waals surface area contributed by atoms with Crippen LogP contribution in [0.4, 0.5) is 0 Å². The van der Waals surface area contributed by atoms with Crippen molar-refractivity contribution in [3.63, 3.8) is 0 Å². The third-order valence-electron chi connectivity index (χ3n) is 6.22. The quantitative estimate of drug-likeness (QED) is 0.636. The highest BCUT2D eigenvalue weighted by molar-refractivity contribution is 5.94. The number of benzene rings is 2. The van der Waals surface area contributed by atoms with Gasteiger partial charge in [-0.05, 0) is 30.7 Å². The molecule has 3 rings (SSSR count). The second kappa shape index (κ2) is 10.1. The van der Waals surface area contributed by atoms with Crippen molar-refractivity contribution < 1.29 is 24.2 Å². The van der Waals surface area contributed by atoms with Crippen LogP contribution in [-0.2, 0) is 4.79 Å². The molecule has 1 fully saturated rings. The maximum Gasteiger partial charge on any atom is 0.223 e. The zero-order valence-corrected chi connectivity index (χ0v) is 19.6. The molecule has 3 atom stereocenters. The van der Waals surface area contributed by atoms with E-state index in [9.17, 15) is 14.7 Å². The third-order valence-corrected chi connectivity index (χ3v) is 6.22. The summed E-state index contributed by atoms with van der Waals surface area (Å²) in [6.45, 7) is 7.35. The summed E-state index contributed by atoms with van der Waals surface area (Å²) in [4.78, 5) is 27.0. The fourth-order valence-electron chi connectivity index (χ4n) is 4.73. The molecule has 6 heteroatoms. The average Bonchev–Trinajstić information content (AvgIpc) is 2.76. The van der Waals surface area contributed by atoms with Crippen molar-refractivity contribution in [2.45, 2.75) is 39.5 Å². The van der Waals surface area contributed by atoms with Gasteiger partial charge in [-0.25, -0.2) is 0 Å². The van der Waals surface area contributed by atoms with Crippen LogP contribution >= 0.6 is 0 Å². The predicted molar refractivity (Wildman–Crippen MR) is 124 cm³/mol. The smallest absolute Gasteiger partial charge is 0.223 e. The molecule has 1 saturated heterocycles. The lowest BCUT2D eigenvalue weighted by atomic mass is 9.85. The van der Waals surface area contributed by atoms with Crippen LogP contribution < -0.4 is 9.47 Å². The zero-order chi connectivity index (χ0) is 23.4. The van der Waals surface area contributed by atoms with Crippen LogP contribution in [0.5, 0.6) is 17.2 Å². The second-order valence-corrected chi connectivity index (χ2v) is 8.94. The molecule has 0 spiro atoms. The Balaban J connectivity index is 2.02. The first-order chi connectivity index (χ1) is 15.2. The molecule has 1 aliphatic heterocycles. The highest BCUT2D eigenvalue weighted by atomic mass is 16.5. The van der Waals surface area contributed by atoms with Gasteiger partial charge in [-0.1, -0.05) is 38.1 Å². The normalized spacial score (nSPS) is 19.3. The zero-order valence-electron chi connectivity index (χ0n) is 19.6.